The Kier molecular flexibility index (Phi) is 3.78. The lowest BCUT2D eigenvalue weighted by Gasteiger charge is -2.28. The highest BCUT2D eigenvalue weighted by molar-refractivity contribution is 6.00. The molecule has 1 saturated carbocycles. The molecule has 0 radical (unpaired) electrons. The Labute approximate surface area is 146 Å². The number of carboxylic acid groups (broad SMARTS) is 1. The SMILES string of the molecule is CN1C(=O)CCc2cc(C(=O)N3C[C@@H]4CCC[C@@H]4[C@H]3C(=O)O)ccc21. The molecule has 2 heterocycles. The number of benzene rings is 1. The number of carbonyl (C=O) groups excluding carboxylic acids is 2. The minimum atomic E-state index is -0.897. The van der Waals surface area contributed by atoms with Gasteiger partial charge in [0.25, 0.3) is 5.91 Å². The third-order valence-electron chi connectivity index (χ3n) is 6.07. The number of anilines is 1. The van der Waals surface area contributed by atoms with Gasteiger partial charge in [-0.05, 0) is 54.9 Å². The van der Waals surface area contributed by atoms with E-state index in [4.69, 9.17) is 0 Å². The van der Waals surface area contributed by atoms with Crippen LogP contribution in [0.15, 0.2) is 18.2 Å². The van der Waals surface area contributed by atoms with E-state index in [1.807, 2.05) is 6.07 Å². The van der Waals surface area contributed by atoms with Crippen LogP contribution in [0, 0.1) is 11.8 Å². The van der Waals surface area contributed by atoms with Gasteiger partial charge in [-0.2, -0.15) is 0 Å². The molecule has 0 aromatic heterocycles. The van der Waals surface area contributed by atoms with Crippen LogP contribution in [0.3, 0.4) is 0 Å². The second kappa shape index (κ2) is 5.86. The van der Waals surface area contributed by atoms with Crippen molar-refractivity contribution in [3.8, 4) is 0 Å². The predicted molar refractivity (Wildman–Crippen MR) is 91.5 cm³/mol. The van der Waals surface area contributed by atoms with Crippen molar-refractivity contribution < 1.29 is 19.5 Å². The Bertz CT molecular complexity index is 760. The molecule has 25 heavy (non-hydrogen) atoms. The molecule has 3 atom stereocenters. The first-order valence-electron chi connectivity index (χ1n) is 8.90. The number of carbonyl (C=O) groups is 3. The fourth-order valence-corrected chi connectivity index (χ4v) is 4.79. The van der Waals surface area contributed by atoms with Crippen LogP contribution < -0.4 is 4.90 Å². The molecular formula is C19H22N2O4. The van der Waals surface area contributed by atoms with Gasteiger partial charge < -0.3 is 14.9 Å². The maximum absolute atomic E-state index is 13.0. The Hall–Kier alpha value is -2.37. The highest BCUT2D eigenvalue weighted by Gasteiger charge is 2.49. The minimum Gasteiger partial charge on any atom is -0.480 e. The Balaban J connectivity index is 1.63. The van der Waals surface area contributed by atoms with Gasteiger partial charge in [0, 0.05) is 31.3 Å². The van der Waals surface area contributed by atoms with Crippen molar-refractivity contribution in [2.24, 2.45) is 11.8 Å². The summed E-state index contributed by atoms with van der Waals surface area (Å²) in [4.78, 5) is 39.7. The topological polar surface area (TPSA) is 77.9 Å². The van der Waals surface area contributed by atoms with Crippen molar-refractivity contribution in [2.45, 2.75) is 38.1 Å². The summed E-state index contributed by atoms with van der Waals surface area (Å²) in [7, 11) is 1.74. The molecule has 1 aromatic rings. The van der Waals surface area contributed by atoms with E-state index in [0.717, 1.165) is 30.5 Å². The van der Waals surface area contributed by atoms with Gasteiger partial charge in [0.1, 0.15) is 6.04 Å². The summed E-state index contributed by atoms with van der Waals surface area (Å²) < 4.78 is 0. The van der Waals surface area contributed by atoms with E-state index in [0.29, 0.717) is 30.9 Å². The molecular weight excluding hydrogens is 320 g/mol. The summed E-state index contributed by atoms with van der Waals surface area (Å²) in [6, 6.07) is 4.63. The Morgan fingerprint density at radius 2 is 2.00 bits per heavy atom. The predicted octanol–water partition coefficient (Wildman–Crippen LogP) is 1.92. The van der Waals surface area contributed by atoms with E-state index < -0.39 is 12.0 Å². The maximum atomic E-state index is 13.0. The number of nitrogens with zero attached hydrogens (tertiary/aromatic N) is 2. The number of aryl methyl sites for hydroxylation is 1. The van der Waals surface area contributed by atoms with E-state index in [-0.39, 0.29) is 17.7 Å². The number of hydrogen-bond donors (Lipinski definition) is 1. The molecule has 132 valence electrons. The number of aliphatic carboxylic acids is 1. The lowest BCUT2D eigenvalue weighted by molar-refractivity contribution is -0.142. The largest absolute Gasteiger partial charge is 0.480 e. The van der Waals surface area contributed by atoms with Crippen molar-refractivity contribution >= 4 is 23.5 Å². The lowest BCUT2D eigenvalue weighted by atomic mass is 9.94. The van der Waals surface area contributed by atoms with Gasteiger partial charge >= 0.3 is 5.97 Å². The zero-order chi connectivity index (χ0) is 17.7. The molecule has 2 aliphatic heterocycles. The molecule has 0 bridgehead atoms. The summed E-state index contributed by atoms with van der Waals surface area (Å²) in [5.74, 6) is -0.630. The zero-order valence-electron chi connectivity index (χ0n) is 14.3. The molecule has 2 amide bonds. The smallest absolute Gasteiger partial charge is 0.326 e. The molecule has 1 aliphatic carbocycles. The average Bonchev–Trinajstić information content (AvgIpc) is 3.17. The van der Waals surface area contributed by atoms with Gasteiger partial charge in [-0.3, -0.25) is 9.59 Å². The normalized spacial score (nSPS) is 28.0. The summed E-state index contributed by atoms with van der Waals surface area (Å²) in [5, 5.41) is 9.64. The quantitative estimate of drug-likeness (QED) is 0.891. The van der Waals surface area contributed by atoms with E-state index in [2.05, 4.69) is 0 Å². The van der Waals surface area contributed by atoms with Crippen LogP contribution in [-0.2, 0) is 16.0 Å². The fraction of sp³-hybridized carbons (Fsp3) is 0.526. The molecule has 4 rings (SSSR count). The summed E-state index contributed by atoms with van der Waals surface area (Å²) in [6.07, 6.45) is 4.01. The van der Waals surface area contributed by atoms with E-state index >= 15 is 0 Å². The van der Waals surface area contributed by atoms with Gasteiger partial charge in [-0.15, -0.1) is 0 Å². The molecule has 1 N–H and O–H groups in total. The van der Waals surface area contributed by atoms with Gasteiger partial charge in [-0.1, -0.05) is 6.42 Å². The molecule has 3 aliphatic rings. The van der Waals surface area contributed by atoms with Crippen LogP contribution in [0.1, 0.15) is 41.6 Å². The van der Waals surface area contributed by atoms with Crippen LogP contribution in [0.2, 0.25) is 0 Å². The fourth-order valence-electron chi connectivity index (χ4n) is 4.79. The highest BCUT2D eigenvalue weighted by atomic mass is 16.4. The van der Waals surface area contributed by atoms with Gasteiger partial charge in [0.15, 0.2) is 0 Å². The number of amides is 2. The molecule has 0 spiro atoms. The number of carboxylic acids is 1. The van der Waals surface area contributed by atoms with Crippen LogP contribution in [0.5, 0.6) is 0 Å². The Morgan fingerprint density at radius 1 is 1.20 bits per heavy atom. The number of fused-ring (bicyclic) bond motifs is 2. The third-order valence-corrected chi connectivity index (χ3v) is 6.07. The van der Waals surface area contributed by atoms with E-state index in [1.54, 1.807) is 29.0 Å². The van der Waals surface area contributed by atoms with Crippen LogP contribution >= 0.6 is 0 Å². The van der Waals surface area contributed by atoms with Crippen LogP contribution in [0.4, 0.5) is 5.69 Å². The second-order valence-electron chi connectivity index (χ2n) is 7.39. The molecule has 6 heteroatoms. The molecule has 1 saturated heterocycles. The van der Waals surface area contributed by atoms with E-state index in [1.165, 1.54) is 0 Å². The van der Waals surface area contributed by atoms with Crippen molar-refractivity contribution in [3.63, 3.8) is 0 Å². The minimum absolute atomic E-state index is 0.0740. The maximum Gasteiger partial charge on any atom is 0.326 e. The summed E-state index contributed by atoms with van der Waals surface area (Å²) >= 11 is 0. The third kappa shape index (κ3) is 2.51. The van der Waals surface area contributed by atoms with Gasteiger partial charge in [-0.25, -0.2) is 4.79 Å². The Morgan fingerprint density at radius 3 is 2.76 bits per heavy atom. The first kappa shape index (κ1) is 16.1. The molecule has 6 nitrogen and oxygen atoms in total. The summed E-state index contributed by atoms with van der Waals surface area (Å²) in [6.45, 7) is 0.538. The first-order chi connectivity index (χ1) is 12.0. The number of rotatable bonds is 2. The first-order valence-corrected chi connectivity index (χ1v) is 8.90. The van der Waals surface area contributed by atoms with Gasteiger partial charge in [0.05, 0.1) is 0 Å². The zero-order valence-corrected chi connectivity index (χ0v) is 14.3. The van der Waals surface area contributed by atoms with E-state index in [9.17, 15) is 19.5 Å². The average molecular weight is 342 g/mol. The molecule has 2 fully saturated rings. The van der Waals surface area contributed by atoms with Crippen LogP contribution in [-0.4, -0.2) is 47.4 Å². The second-order valence-corrected chi connectivity index (χ2v) is 7.39. The molecule has 0 unspecified atom stereocenters. The van der Waals surface area contributed by atoms with Crippen LogP contribution in [0.25, 0.3) is 0 Å². The molecule has 1 aromatic carbocycles. The van der Waals surface area contributed by atoms with Crippen molar-refractivity contribution in [1.82, 2.24) is 4.90 Å². The monoisotopic (exact) mass is 342 g/mol. The lowest BCUT2D eigenvalue weighted by Crippen LogP contribution is -2.43. The van der Waals surface area contributed by atoms with Crippen molar-refractivity contribution in [1.29, 1.82) is 0 Å². The van der Waals surface area contributed by atoms with Crippen molar-refractivity contribution in [3.05, 3.63) is 29.3 Å². The van der Waals surface area contributed by atoms with Gasteiger partial charge in [0.2, 0.25) is 5.91 Å². The highest BCUT2D eigenvalue weighted by Crippen LogP contribution is 2.43. The number of hydrogen-bond acceptors (Lipinski definition) is 3. The summed E-state index contributed by atoms with van der Waals surface area (Å²) in [5.41, 5.74) is 2.33. The van der Waals surface area contributed by atoms with Crippen molar-refractivity contribution in [2.75, 3.05) is 18.5 Å². The standard InChI is InChI=1S/C19H22N2O4/c1-20-15-7-5-12(9-11(15)6-8-16(20)22)18(23)21-10-13-3-2-4-14(13)17(21)19(24)25/h5,7,9,13-14,17H,2-4,6,8,10H2,1H3,(H,24,25)/t13-,14-,17-/m0/s1. The number of likely N-dealkylation sites (tertiary alicyclic amines) is 1.